The van der Waals surface area contributed by atoms with Gasteiger partial charge in [-0.05, 0) is 44.9 Å². The van der Waals surface area contributed by atoms with Crippen molar-refractivity contribution in [2.75, 3.05) is 37.9 Å². The lowest BCUT2D eigenvalue weighted by atomic mass is 10.1. The molecule has 2 aromatic carbocycles. The molecule has 184 valence electrons. The summed E-state index contributed by atoms with van der Waals surface area (Å²) in [5.74, 6) is 1.85. The van der Waals surface area contributed by atoms with Crippen molar-refractivity contribution in [2.24, 2.45) is 0 Å². The summed E-state index contributed by atoms with van der Waals surface area (Å²) in [7, 11) is 0. The van der Waals surface area contributed by atoms with Gasteiger partial charge in [0.25, 0.3) is 5.91 Å². The van der Waals surface area contributed by atoms with Gasteiger partial charge in [-0.1, -0.05) is 35.5 Å². The maximum atomic E-state index is 13.8. The summed E-state index contributed by atoms with van der Waals surface area (Å²) >= 11 is 0. The molecule has 0 aliphatic carbocycles. The monoisotopic (exact) mass is 477 g/mol. The average molecular weight is 478 g/mol. The molecule has 2 aliphatic heterocycles. The van der Waals surface area contributed by atoms with Gasteiger partial charge in [-0.2, -0.15) is 0 Å². The summed E-state index contributed by atoms with van der Waals surface area (Å²) in [5, 5.41) is 4.44. The highest BCUT2D eigenvalue weighted by atomic mass is 16.7. The molecule has 1 fully saturated rings. The molecule has 1 saturated heterocycles. The van der Waals surface area contributed by atoms with Crippen molar-refractivity contribution in [3.63, 3.8) is 0 Å². The van der Waals surface area contributed by atoms with Crippen LogP contribution in [0.2, 0.25) is 0 Å². The molecular weight excluding hydrogens is 446 g/mol. The largest absolute Gasteiger partial charge is 0.454 e. The zero-order chi connectivity index (χ0) is 24.2. The molecule has 1 atom stereocenters. The van der Waals surface area contributed by atoms with Gasteiger partial charge >= 0.3 is 0 Å². The Balaban J connectivity index is 1.52. The summed E-state index contributed by atoms with van der Waals surface area (Å²) in [6.07, 6.45) is 1.94. The highest BCUT2D eigenvalue weighted by Gasteiger charge is 2.29. The summed E-state index contributed by atoms with van der Waals surface area (Å²) in [4.78, 5) is 17.8. The third-order valence-corrected chi connectivity index (χ3v) is 6.57. The average Bonchev–Trinajstić information content (AvgIpc) is 3.66. The summed E-state index contributed by atoms with van der Waals surface area (Å²) < 4.78 is 22.7. The first-order valence-corrected chi connectivity index (χ1v) is 12.3. The Hall–Kier alpha value is -3.52. The van der Waals surface area contributed by atoms with Crippen LogP contribution in [-0.4, -0.2) is 55.1 Å². The topological polar surface area (TPSA) is 77.3 Å². The second-order valence-electron chi connectivity index (χ2n) is 8.74. The second-order valence-corrected chi connectivity index (χ2v) is 8.74. The molecule has 1 amide bonds. The van der Waals surface area contributed by atoms with Crippen LogP contribution in [0.1, 0.15) is 42.6 Å². The number of amides is 1. The Bertz CT molecular complexity index is 1150. The number of anilines is 1. The van der Waals surface area contributed by atoms with Crippen molar-refractivity contribution in [3.05, 3.63) is 59.7 Å². The van der Waals surface area contributed by atoms with Crippen molar-refractivity contribution in [3.8, 4) is 22.8 Å². The van der Waals surface area contributed by atoms with E-state index in [0.717, 1.165) is 49.4 Å². The number of rotatable bonds is 9. The van der Waals surface area contributed by atoms with Gasteiger partial charge in [0.2, 0.25) is 12.7 Å². The van der Waals surface area contributed by atoms with Gasteiger partial charge in [-0.15, -0.1) is 0 Å². The zero-order valence-corrected chi connectivity index (χ0v) is 20.2. The van der Waals surface area contributed by atoms with E-state index in [4.69, 9.17) is 18.7 Å². The van der Waals surface area contributed by atoms with Crippen LogP contribution in [0.15, 0.2) is 53.1 Å². The molecule has 1 unspecified atom stereocenters. The number of aromatic nitrogens is 1. The zero-order valence-electron chi connectivity index (χ0n) is 20.2. The molecule has 0 radical (unpaired) electrons. The Kier molecular flexibility index (Phi) is 6.90. The van der Waals surface area contributed by atoms with Gasteiger partial charge < -0.3 is 28.5 Å². The quantitative estimate of drug-likeness (QED) is 0.441. The predicted molar refractivity (Wildman–Crippen MR) is 132 cm³/mol. The Morgan fingerprint density at radius 2 is 1.86 bits per heavy atom. The fraction of sp³-hybridized carbons (Fsp3) is 0.407. The van der Waals surface area contributed by atoms with Gasteiger partial charge in [0.15, 0.2) is 11.5 Å². The molecule has 0 bridgehead atoms. The Morgan fingerprint density at radius 3 is 2.60 bits per heavy atom. The van der Waals surface area contributed by atoms with Crippen LogP contribution in [0.25, 0.3) is 11.3 Å². The number of ether oxygens (including phenoxy) is 3. The first-order chi connectivity index (χ1) is 17.2. The highest BCUT2D eigenvalue weighted by Crippen LogP contribution is 2.35. The molecule has 3 aromatic rings. The van der Waals surface area contributed by atoms with E-state index in [1.54, 1.807) is 18.2 Å². The van der Waals surface area contributed by atoms with Crippen molar-refractivity contribution in [1.29, 1.82) is 0 Å². The van der Waals surface area contributed by atoms with Crippen LogP contribution < -0.4 is 14.4 Å². The third-order valence-electron chi connectivity index (χ3n) is 6.57. The van der Waals surface area contributed by atoms with Gasteiger partial charge in [-0.3, -0.25) is 4.79 Å². The maximum absolute atomic E-state index is 13.8. The van der Waals surface area contributed by atoms with E-state index >= 15 is 0 Å². The lowest BCUT2D eigenvalue weighted by Crippen LogP contribution is -2.37. The van der Waals surface area contributed by atoms with Crippen molar-refractivity contribution in [1.82, 2.24) is 10.1 Å². The maximum Gasteiger partial charge on any atom is 0.254 e. The van der Waals surface area contributed by atoms with E-state index in [9.17, 15) is 4.79 Å². The van der Waals surface area contributed by atoms with Crippen molar-refractivity contribution in [2.45, 2.75) is 39.3 Å². The van der Waals surface area contributed by atoms with E-state index in [-0.39, 0.29) is 18.8 Å². The first kappa shape index (κ1) is 23.2. The normalized spacial score (nSPS) is 16.5. The molecule has 5 rings (SSSR count). The van der Waals surface area contributed by atoms with E-state index < -0.39 is 0 Å². The lowest BCUT2D eigenvalue weighted by molar-refractivity contribution is 0.0507. The van der Waals surface area contributed by atoms with Crippen LogP contribution in [0, 0.1) is 0 Å². The predicted octanol–water partition coefficient (Wildman–Crippen LogP) is 4.74. The van der Waals surface area contributed by atoms with E-state index in [1.807, 2.05) is 35.2 Å². The second kappa shape index (κ2) is 10.4. The molecule has 0 saturated carbocycles. The standard InChI is InChI=1S/C27H31N3O5/c1-3-29(4-2)27-22(25(28-35-27)19-9-6-5-7-10-19)17-30(16-21-11-8-14-32-21)26(31)20-12-13-23-24(15-20)34-18-33-23/h5-7,9-10,12-13,15,21H,3-4,8,11,14,16-18H2,1-2H3. The van der Waals surface area contributed by atoms with Crippen LogP contribution >= 0.6 is 0 Å². The first-order valence-electron chi connectivity index (χ1n) is 12.3. The van der Waals surface area contributed by atoms with Gasteiger partial charge in [0, 0.05) is 37.4 Å². The van der Waals surface area contributed by atoms with Gasteiger partial charge in [0.1, 0.15) is 5.69 Å². The third kappa shape index (κ3) is 4.84. The number of hydrogen-bond donors (Lipinski definition) is 0. The van der Waals surface area contributed by atoms with E-state index in [0.29, 0.717) is 36.0 Å². The number of carbonyl (C=O) groups is 1. The molecule has 35 heavy (non-hydrogen) atoms. The molecule has 0 N–H and O–H groups in total. The molecule has 2 aliphatic rings. The van der Waals surface area contributed by atoms with E-state index in [1.165, 1.54) is 0 Å². The molecule has 0 spiro atoms. The van der Waals surface area contributed by atoms with Crippen LogP contribution in [-0.2, 0) is 11.3 Å². The van der Waals surface area contributed by atoms with E-state index in [2.05, 4.69) is 23.9 Å². The number of benzene rings is 2. The molecule has 3 heterocycles. The summed E-state index contributed by atoms with van der Waals surface area (Å²) in [6.45, 7) is 7.45. The number of hydrogen-bond acceptors (Lipinski definition) is 7. The van der Waals surface area contributed by atoms with Crippen LogP contribution in [0.4, 0.5) is 5.88 Å². The Morgan fingerprint density at radius 1 is 1.06 bits per heavy atom. The van der Waals surface area contributed by atoms with Crippen molar-refractivity contribution < 1.29 is 23.5 Å². The lowest BCUT2D eigenvalue weighted by Gasteiger charge is -2.27. The Labute approximate surface area is 205 Å². The fourth-order valence-corrected chi connectivity index (χ4v) is 4.68. The van der Waals surface area contributed by atoms with Crippen molar-refractivity contribution >= 4 is 11.8 Å². The molecule has 1 aromatic heterocycles. The minimum Gasteiger partial charge on any atom is -0.454 e. The van der Waals surface area contributed by atoms with Gasteiger partial charge in [-0.25, -0.2) is 0 Å². The minimum atomic E-state index is -0.0930. The molecular formula is C27H31N3O5. The highest BCUT2D eigenvalue weighted by molar-refractivity contribution is 5.95. The summed E-state index contributed by atoms with van der Waals surface area (Å²) in [5.41, 5.74) is 3.15. The number of fused-ring (bicyclic) bond motifs is 1. The SMILES string of the molecule is CCN(CC)c1onc(-c2ccccc2)c1CN(CC1CCCO1)C(=O)c1ccc2c(c1)OCO2. The van der Waals surface area contributed by atoms with Crippen LogP contribution in [0.5, 0.6) is 11.5 Å². The summed E-state index contributed by atoms with van der Waals surface area (Å²) in [6, 6.07) is 15.3. The minimum absolute atomic E-state index is 0.00454. The fourth-order valence-electron chi connectivity index (χ4n) is 4.68. The smallest absolute Gasteiger partial charge is 0.254 e. The molecule has 8 nitrogen and oxygen atoms in total. The number of nitrogens with zero attached hydrogens (tertiary/aromatic N) is 3. The molecule has 8 heteroatoms. The van der Waals surface area contributed by atoms with Crippen LogP contribution in [0.3, 0.4) is 0 Å². The number of carbonyl (C=O) groups excluding carboxylic acids is 1. The van der Waals surface area contributed by atoms with Gasteiger partial charge in [0.05, 0.1) is 18.2 Å².